The molecule has 0 aliphatic carbocycles. The van der Waals surface area contributed by atoms with Crippen molar-refractivity contribution in [2.75, 3.05) is 24.7 Å². The van der Waals surface area contributed by atoms with Gasteiger partial charge in [-0.1, -0.05) is 18.2 Å². The Balaban J connectivity index is 1.63. The van der Waals surface area contributed by atoms with Crippen molar-refractivity contribution in [2.45, 2.75) is 79.1 Å². The average molecular weight is 496 g/mol. The molecule has 1 saturated heterocycles. The molecule has 1 aliphatic rings. The quantitative estimate of drug-likeness (QED) is 0.444. The van der Waals surface area contributed by atoms with Gasteiger partial charge in [0.05, 0.1) is 6.61 Å². The normalized spacial score (nSPS) is 14.4. The Morgan fingerprint density at radius 1 is 1.03 bits per heavy atom. The van der Waals surface area contributed by atoms with Crippen molar-refractivity contribution in [2.24, 2.45) is 0 Å². The fraction of sp³-hybridized carbons (Fsp3) is 0.517. The fourth-order valence-corrected chi connectivity index (χ4v) is 4.71. The van der Waals surface area contributed by atoms with Gasteiger partial charge in [0.25, 0.3) is 5.91 Å². The molecular weight excluding hydrogens is 454 g/mol. The summed E-state index contributed by atoms with van der Waals surface area (Å²) < 4.78 is 11.7. The van der Waals surface area contributed by atoms with E-state index < -0.39 is 0 Å². The lowest BCUT2D eigenvalue weighted by molar-refractivity contribution is -0.137. The number of carbonyl (C=O) groups excluding carboxylic acids is 2. The number of rotatable bonds is 12. The zero-order valence-electron chi connectivity index (χ0n) is 22.5. The van der Waals surface area contributed by atoms with E-state index in [1.54, 1.807) is 0 Å². The van der Waals surface area contributed by atoms with E-state index in [-0.39, 0.29) is 36.5 Å². The van der Waals surface area contributed by atoms with Crippen molar-refractivity contribution < 1.29 is 19.1 Å². The largest absolute Gasteiger partial charge is 0.490 e. The topological polar surface area (TPSA) is 71.1 Å². The molecule has 2 aromatic rings. The average Bonchev–Trinajstić information content (AvgIpc) is 3.27. The molecule has 2 amide bonds. The van der Waals surface area contributed by atoms with Crippen LogP contribution in [0.5, 0.6) is 11.5 Å². The number of carbonyl (C=O) groups is 2. The molecule has 0 spiro atoms. The fourth-order valence-electron chi connectivity index (χ4n) is 4.71. The Morgan fingerprint density at radius 3 is 2.42 bits per heavy atom. The first-order valence-electron chi connectivity index (χ1n) is 13.0. The molecule has 1 fully saturated rings. The van der Waals surface area contributed by atoms with Gasteiger partial charge < -0.3 is 24.6 Å². The highest BCUT2D eigenvalue weighted by Crippen LogP contribution is 2.29. The van der Waals surface area contributed by atoms with Gasteiger partial charge in [-0.2, -0.15) is 0 Å². The van der Waals surface area contributed by atoms with Gasteiger partial charge >= 0.3 is 0 Å². The summed E-state index contributed by atoms with van der Waals surface area (Å²) in [4.78, 5) is 28.5. The lowest BCUT2D eigenvalue weighted by atomic mass is 10.1. The van der Waals surface area contributed by atoms with Gasteiger partial charge in [0.15, 0.2) is 18.1 Å². The summed E-state index contributed by atoms with van der Waals surface area (Å²) >= 11 is 0. The lowest BCUT2D eigenvalue weighted by Gasteiger charge is -2.30. The van der Waals surface area contributed by atoms with E-state index >= 15 is 0 Å². The van der Waals surface area contributed by atoms with Crippen LogP contribution in [0, 0.1) is 0 Å². The van der Waals surface area contributed by atoms with Crippen LogP contribution < -0.4 is 19.7 Å². The minimum atomic E-state index is -0.0418. The second kappa shape index (κ2) is 12.8. The van der Waals surface area contributed by atoms with Crippen molar-refractivity contribution in [3.8, 4) is 11.5 Å². The molecule has 1 heterocycles. The summed E-state index contributed by atoms with van der Waals surface area (Å²) in [5, 5.41) is 3.56. The van der Waals surface area contributed by atoms with Crippen molar-refractivity contribution in [3.05, 3.63) is 53.6 Å². The Morgan fingerprint density at radius 2 is 1.78 bits per heavy atom. The number of hydrogen-bond donors (Lipinski definition) is 1. The van der Waals surface area contributed by atoms with Crippen molar-refractivity contribution in [1.29, 1.82) is 0 Å². The summed E-state index contributed by atoms with van der Waals surface area (Å²) in [6.07, 6.45) is 1.54. The van der Waals surface area contributed by atoms with Crippen LogP contribution in [0.4, 0.5) is 5.69 Å². The predicted molar refractivity (Wildman–Crippen MR) is 144 cm³/mol. The molecule has 1 N–H and O–H groups in total. The van der Waals surface area contributed by atoms with Crippen LogP contribution in [0.25, 0.3) is 0 Å². The highest BCUT2D eigenvalue weighted by Gasteiger charge is 2.23. The van der Waals surface area contributed by atoms with E-state index in [1.165, 1.54) is 0 Å². The molecular formula is C29H41N3O4. The summed E-state index contributed by atoms with van der Waals surface area (Å²) in [6, 6.07) is 14.3. The van der Waals surface area contributed by atoms with Gasteiger partial charge in [-0.05, 0) is 83.4 Å². The van der Waals surface area contributed by atoms with Crippen LogP contribution in [0.15, 0.2) is 42.5 Å². The minimum Gasteiger partial charge on any atom is -0.490 e. The van der Waals surface area contributed by atoms with Crippen LogP contribution in [-0.2, 0) is 16.1 Å². The van der Waals surface area contributed by atoms with Gasteiger partial charge in [-0.25, -0.2) is 0 Å². The van der Waals surface area contributed by atoms with Crippen molar-refractivity contribution in [3.63, 3.8) is 0 Å². The Kier molecular flexibility index (Phi) is 9.76. The Bertz CT molecular complexity index is 1030. The molecule has 196 valence electrons. The van der Waals surface area contributed by atoms with Crippen LogP contribution in [-0.4, -0.2) is 48.6 Å². The highest BCUT2D eigenvalue weighted by atomic mass is 16.5. The first-order chi connectivity index (χ1) is 17.2. The molecule has 1 unspecified atom stereocenters. The maximum atomic E-state index is 12.7. The third-order valence-corrected chi connectivity index (χ3v) is 6.43. The van der Waals surface area contributed by atoms with Crippen molar-refractivity contribution >= 4 is 17.5 Å². The summed E-state index contributed by atoms with van der Waals surface area (Å²) in [5.41, 5.74) is 3.16. The molecule has 0 bridgehead atoms. The summed E-state index contributed by atoms with van der Waals surface area (Å²) in [5.74, 6) is 1.35. The standard InChI is InChI=1S/C29H41N3O4/c1-7-35-27-16-23(13-14-26(27)36-19-29(34)32(20(2)3)21(4)5)18-30-22(6)24-10-8-11-25(17-24)31-15-9-12-28(31)33/h8,10-11,13-14,16-17,20-22,30H,7,9,12,15,18-19H2,1-6H3. The van der Waals surface area contributed by atoms with Gasteiger partial charge in [-0.3, -0.25) is 9.59 Å². The smallest absolute Gasteiger partial charge is 0.260 e. The summed E-state index contributed by atoms with van der Waals surface area (Å²) in [6.45, 7) is 14.0. The van der Waals surface area contributed by atoms with E-state index in [0.717, 1.165) is 29.8 Å². The van der Waals surface area contributed by atoms with Gasteiger partial charge in [0, 0.05) is 43.3 Å². The molecule has 1 atom stereocenters. The van der Waals surface area contributed by atoms with Gasteiger partial charge in [0.1, 0.15) is 0 Å². The number of nitrogens with one attached hydrogen (secondary N) is 1. The predicted octanol–water partition coefficient (Wildman–Crippen LogP) is 5.09. The Labute approximate surface area is 215 Å². The first kappa shape index (κ1) is 27.5. The number of ether oxygens (including phenoxy) is 2. The molecule has 36 heavy (non-hydrogen) atoms. The van der Waals surface area contributed by atoms with E-state index in [4.69, 9.17) is 9.47 Å². The molecule has 2 aromatic carbocycles. The molecule has 3 rings (SSSR count). The zero-order valence-corrected chi connectivity index (χ0v) is 22.5. The summed E-state index contributed by atoms with van der Waals surface area (Å²) in [7, 11) is 0. The molecule has 7 nitrogen and oxygen atoms in total. The molecule has 0 aromatic heterocycles. The third kappa shape index (κ3) is 7.00. The molecule has 7 heteroatoms. The molecule has 0 saturated carbocycles. The highest BCUT2D eigenvalue weighted by molar-refractivity contribution is 5.95. The van der Waals surface area contributed by atoms with E-state index in [2.05, 4.69) is 24.4 Å². The van der Waals surface area contributed by atoms with E-state index in [0.29, 0.717) is 31.1 Å². The SMILES string of the molecule is CCOc1cc(CNC(C)c2cccc(N3CCCC3=O)c2)ccc1OCC(=O)N(C(C)C)C(C)C. The molecule has 0 radical (unpaired) electrons. The lowest BCUT2D eigenvalue weighted by Crippen LogP contribution is -2.44. The number of nitrogens with zero attached hydrogens (tertiary/aromatic N) is 2. The van der Waals surface area contributed by atoms with Gasteiger partial charge in [-0.15, -0.1) is 0 Å². The van der Waals surface area contributed by atoms with E-state index in [9.17, 15) is 9.59 Å². The maximum absolute atomic E-state index is 12.7. The third-order valence-electron chi connectivity index (χ3n) is 6.43. The van der Waals surface area contributed by atoms with Crippen LogP contribution in [0.1, 0.15) is 71.6 Å². The Hall–Kier alpha value is -3.06. The maximum Gasteiger partial charge on any atom is 0.260 e. The van der Waals surface area contributed by atoms with Gasteiger partial charge in [0.2, 0.25) is 5.91 Å². The number of hydrogen-bond acceptors (Lipinski definition) is 5. The number of benzene rings is 2. The number of anilines is 1. The van der Waals surface area contributed by atoms with Crippen LogP contribution in [0.3, 0.4) is 0 Å². The zero-order chi connectivity index (χ0) is 26.2. The second-order valence-electron chi connectivity index (χ2n) is 9.84. The molecule has 1 aliphatic heterocycles. The van der Waals surface area contributed by atoms with Crippen molar-refractivity contribution in [1.82, 2.24) is 10.2 Å². The van der Waals surface area contributed by atoms with E-state index in [1.807, 2.05) is 74.8 Å². The van der Waals surface area contributed by atoms with Crippen LogP contribution >= 0.6 is 0 Å². The minimum absolute atomic E-state index is 0.0269. The first-order valence-corrected chi connectivity index (χ1v) is 13.0. The number of amides is 2. The second-order valence-corrected chi connectivity index (χ2v) is 9.84. The van der Waals surface area contributed by atoms with Crippen LogP contribution in [0.2, 0.25) is 0 Å². The monoisotopic (exact) mass is 495 g/mol.